The van der Waals surface area contributed by atoms with E-state index in [0.29, 0.717) is 25.7 Å². The molecule has 34 heavy (non-hydrogen) atoms. The second-order valence-electron chi connectivity index (χ2n) is 9.32. The maximum absolute atomic E-state index is 11.8. The Bertz CT molecular complexity index is 495. The summed E-state index contributed by atoms with van der Waals surface area (Å²) in [6, 6.07) is 0. The first-order valence-corrected chi connectivity index (χ1v) is 13.8. The number of hydrogen-bond donors (Lipinski definition) is 0. The van der Waals surface area contributed by atoms with Crippen LogP contribution >= 0.6 is 0 Å². The molecule has 0 N–H and O–H groups in total. The summed E-state index contributed by atoms with van der Waals surface area (Å²) in [4.78, 5) is 47.1. The van der Waals surface area contributed by atoms with Crippen LogP contribution in [0.5, 0.6) is 0 Å². The highest BCUT2D eigenvalue weighted by Crippen LogP contribution is 2.10. The molecule has 0 spiro atoms. The molecule has 0 aliphatic rings. The maximum atomic E-state index is 11.8. The number of rotatable bonds is 25. The third-order valence-electron chi connectivity index (χ3n) is 5.87. The second-order valence-corrected chi connectivity index (χ2v) is 9.32. The predicted molar refractivity (Wildman–Crippen MR) is 136 cm³/mol. The van der Waals surface area contributed by atoms with Crippen LogP contribution in [0.4, 0.5) is 0 Å². The van der Waals surface area contributed by atoms with E-state index in [1.54, 1.807) is 0 Å². The van der Waals surface area contributed by atoms with E-state index >= 15 is 0 Å². The van der Waals surface area contributed by atoms with Gasteiger partial charge in [-0.1, -0.05) is 90.9 Å². The number of Topliss-reactive ketones (excluding diaryl/α,β-unsaturated/α-hetero) is 2. The molecular formula is C28H50O6. The molecule has 0 aliphatic heterocycles. The van der Waals surface area contributed by atoms with Gasteiger partial charge in [-0.3, -0.25) is 19.2 Å². The minimum Gasteiger partial charge on any atom is -0.465 e. The molecular weight excluding hydrogens is 432 g/mol. The molecule has 6 heteroatoms. The molecule has 0 aromatic carbocycles. The standard InChI is InChI=1S/C28H50O6/c1-3-5-7-9-11-13-15-19-25(29)23-27(31)33-21-17-18-22-34-28(32)24-26(30)20-16-14-12-10-8-6-4-2/h3-24H2,1-2H3. The van der Waals surface area contributed by atoms with Crippen LogP contribution in [-0.4, -0.2) is 36.7 Å². The van der Waals surface area contributed by atoms with E-state index in [0.717, 1.165) is 38.5 Å². The molecule has 0 unspecified atom stereocenters. The molecule has 0 atom stereocenters. The van der Waals surface area contributed by atoms with Crippen molar-refractivity contribution in [2.45, 2.75) is 142 Å². The predicted octanol–water partition coefficient (Wildman–Crippen LogP) is 7.05. The van der Waals surface area contributed by atoms with Crippen LogP contribution in [-0.2, 0) is 28.7 Å². The van der Waals surface area contributed by atoms with Crippen molar-refractivity contribution < 1.29 is 28.7 Å². The van der Waals surface area contributed by atoms with Gasteiger partial charge in [0.25, 0.3) is 0 Å². The van der Waals surface area contributed by atoms with Crippen molar-refractivity contribution in [3.63, 3.8) is 0 Å². The van der Waals surface area contributed by atoms with E-state index in [4.69, 9.17) is 9.47 Å². The Kier molecular flexibility index (Phi) is 23.2. The quantitative estimate of drug-likeness (QED) is 0.0787. The largest absolute Gasteiger partial charge is 0.465 e. The summed E-state index contributed by atoms with van der Waals surface area (Å²) in [5.41, 5.74) is 0. The lowest BCUT2D eigenvalue weighted by Crippen LogP contribution is -2.14. The first kappa shape index (κ1) is 32.3. The molecule has 0 radical (unpaired) electrons. The average Bonchev–Trinajstić information content (AvgIpc) is 2.80. The number of ketones is 2. The Morgan fingerprint density at radius 3 is 1.12 bits per heavy atom. The first-order chi connectivity index (χ1) is 16.5. The van der Waals surface area contributed by atoms with Crippen molar-refractivity contribution in [2.24, 2.45) is 0 Å². The molecule has 0 aliphatic carbocycles. The van der Waals surface area contributed by atoms with E-state index in [1.807, 2.05) is 0 Å². The molecule has 0 amide bonds. The van der Waals surface area contributed by atoms with Crippen molar-refractivity contribution in [3.05, 3.63) is 0 Å². The Morgan fingerprint density at radius 1 is 0.441 bits per heavy atom. The van der Waals surface area contributed by atoms with Gasteiger partial charge in [0.1, 0.15) is 24.4 Å². The zero-order chi connectivity index (χ0) is 25.3. The Morgan fingerprint density at radius 2 is 0.765 bits per heavy atom. The number of esters is 2. The zero-order valence-corrected chi connectivity index (χ0v) is 22.0. The van der Waals surface area contributed by atoms with Gasteiger partial charge in [-0.2, -0.15) is 0 Å². The van der Waals surface area contributed by atoms with Crippen LogP contribution < -0.4 is 0 Å². The van der Waals surface area contributed by atoms with Crippen molar-refractivity contribution in [2.75, 3.05) is 13.2 Å². The normalized spacial score (nSPS) is 10.8. The summed E-state index contributed by atoms with van der Waals surface area (Å²) in [6.07, 6.45) is 17.7. The summed E-state index contributed by atoms with van der Waals surface area (Å²) in [5.74, 6) is -1.09. The smallest absolute Gasteiger partial charge is 0.313 e. The summed E-state index contributed by atoms with van der Waals surface area (Å²) < 4.78 is 10.2. The average molecular weight is 483 g/mol. The molecule has 6 nitrogen and oxygen atoms in total. The highest BCUT2D eigenvalue weighted by molar-refractivity contribution is 5.95. The van der Waals surface area contributed by atoms with Gasteiger partial charge in [0.15, 0.2) is 0 Å². The van der Waals surface area contributed by atoms with Crippen molar-refractivity contribution >= 4 is 23.5 Å². The topological polar surface area (TPSA) is 86.7 Å². The van der Waals surface area contributed by atoms with Gasteiger partial charge < -0.3 is 9.47 Å². The van der Waals surface area contributed by atoms with Gasteiger partial charge in [-0.25, -0.2) is 0 Å². The third kappa shape index (κ3) is 23.4. The third-order valence-corrected chi connectivity index (χ3v) is 5.87. The monoisotopic (exact) mass is 482 g/mol. The van der Waals surface area contributed by atoms with Crippen LogP contribution in [0.15, 0.2) is 0 Å². The number of ether oxygens (including phenoxy) is 2. The summed E-state index contributed by atoms with van der Waals surface area (Å²) in [5, 5.41) is 0. The molecule has 0 rings (SSSR count). The number of unbranched alkanes of at least 4 members (excludes halogenated alkanes) is 13. The van der Waals surface area contributed by atoms with Crippen LogP contribution in [0.1, 0.15) is 142 Å². The zero-order valence-electron chi connectivity index (χ0n) is 22.0. The Labute approximate surface area is 207 Å². The minimum atomic E-state index is -0.485. The molecule has 0 fully saturated rings. The molecule has 198 valence electrons. The van der Waals surface area contributed by atoms with Crippen molar-refractivity contribution in [1.29, 1.82) is 0 Å². The Hall–Kier alpha value is -1.72. The number of hydrogen-bond acceptors (Lipinski definition) is 6. The van der Waals surface area contributed by atoms with Gasteiger partial charge in [0.2, 0.25) is 0 Å². The fourth-order valence-corrected chi connectivity index (χ4v) is 3.74. The van der Waals surface area contributed by atoms with E-state index in [2.05, 4.69) is 13.8 Å². The van der Waals surface area contributed by atoms with Crippen LogP contribution in [0.3, 0.4) is 0 Å². The lowest BCUT2D eigenvalue weighted by molar-refractivity contribution is -0.149. The van der Waals surface area contributed by atoms with Gasteiger partial charge in [-0.05, 0) is 25.7 Å². The molecule has 0 aromatic heterocycles. The number of carbonyl (C=O) groups excluding carboxylic acids is 4. The number of carbonyl (C=O) groups is 4. The van der Waals surface area contributed by atoms with E-state index in [1.165, 1.54) is 51.4 Å². The second kappa shape index (κ2) is 24.4. The van der Waals surface area contributed by atoms with E-state index in [-0.39, 0.29) is 37.6 Å². The van der Waals surface area contributed by atoms with E-state index in [9.17, 15) is 19.2 Å². The SMILES string of the molecule is CCCCCCCCCC(=O)CC(=O)OCCCCOC(=O)CC(=O)CCCCCCCCC. The van der Waals surface area contributed by atoms with Crippen LogP contribution in [0.2, 0.25) is 0 Å². The maximum Gasteiger partial charge on any atom is 0.313 e. The Balaban J connectivity index is 3.54. The first-order valence-electron chi connectivity index (χ1n) is 13.8. The van der Waals surface area contributed by atoms with Gasteiger partial charge in [-0.15, -0.1) is 0 Å². The fourth-order valence-electron chi connectivity index (χ4n) is 3.74. The molecule has 0 saturated carbocycles. The highest BCUT2D eigenvalue weighted by atomic mass is 16.5. The summed E-state index contributed by atoms with van der Waals surface area (Å²) >= 11 is 0. The summed E-state index contributed by atoms with van der Waals surface area (Å²) in [7, 11) is 0. The van der Waals surface area contributed by atoms with Crippen molar-refractivity contribution in [3.8, 4) is 0 Å². The van der Waals surface area contributed by atoms with Gasteiger partial charge in [0.05, 0.1) is 13.2 Å². The lowest BCUT2D eigenvalue weighted by atomic mass is 10.1. The minimum absolute atomic E-state index is 0.0614. The van der Waals surface area contributed by atoms with Crippen LogP contribution in [0.25, 0.3) is 0 Å². The fraction of sp³-hybridized carbons (Fsp3) is 0.857. The molecule has 0 heterocycles. The van der Waals surface area contributed by atoms with Crippen molar-refractivity contribution in [1.82, 2.24) is 0 Å². The summed E-state index contributed by atoms with van der Waals surface area (Å²) in [6.45, 7) is 4.79. The highest BCUT2D eigenvalue weighted by Gasteiger charge is 2.12. The van der Waals surface area contributed by atoms with Gasteiger partial charge in [0, 0.05) is 12.8 Å². The van der Waals surface area contributed by atoms with Gasteiger partial charge >= 0.3 is 11.9 Å². The molecule has 0 saturated heterocycles. The molecule has 0 aromatic rings. The van der Waals surface area contributed by atoms with Crippen LogP contribution in [0, 0.1) is 0 Å². The van der Waals surface area contributed by atoms with E-state index < -0.39 is 11.9 Å². The molecule has 0 bridgehead atoms. The lowest BCUT2D eigenvalue weighted by Gasteiger charge is -2.06.